The molecule has 0 aliphatic heterocycles. The molecule has 0 aromatic carbocycles. The third-order valence-corrected chi connectivity index (χ3v) is 1.79. The maximum Gasteiger partial charge on any atom is 0.216 e. The van der Waals surface area contributed by atoms with E-state index in [9.17, 15) is 9.59 Å². The maximum absolute atomic E-state index is 11.1. The zero-order valence-electron chi connectivity index (χ0n) is 8.56. The van der Waals surface area contributed by atoms with Gasteiger partial charge in [-0.3, -0.25) is 9.59 Å². The minimum atomic E-state index is -0.000107. The topological polar surface area (TPSA) is 46.2 Å². The highest BCUT2D eigenvalue weighted by Crippen LogP contribution is 2.00. The van der Waals surface area contributed by atoms with E-state index in [0.717, 1.165) is 19.3 Å². The number of hydrogen-bond donors (Lipinski definition) is 1. The van der Waals surface area contributed by atoms with Crippen LogP contribution in [-0.2, 0) is 9.59 Å². The first-order valence-corrected chi connectivity index (χ1v) is 4.93. The highest BCUT2D eigenvalue weighted by Gasteiger charge is 1.99. The van der Waals surface area contributed by atoms with E-state index >= 15 is 0 Å². The molecule has 1 amide bonds. The van der Waals surface area contributed by atoms with Crippen molar-refractivity contribution >= 4 is 11.7 Å². The molecule has 0 aliphatic carbocycles. The molecular formula is C10H19NO2. The molecule has 0 radical (unpaired) electrons. The summed E-state index contributed by atoms with van der Waals surface area (Å²) in [5.41, 5.74) is 0. The molecule has 0 unspecified atom stereocenters. The first kappa shape index (κ1) is 12.1. The Morgan fingerprint density at radius 1 is 1.15 bits per heavy atom. The molecule has 76 valence electrons. The Labute approximate surface area is 79.9 Å². The van der Waals surface area contributed by atoms with Crippen LogP contribution in [0.2, 0.25) is 0 Å². The predicted molar refractivity (Wildman–Crippen MR) is 52.4 cm³/mol. The highest BCUT2D eigenvalue weighted by molar-refractivity contribution is 5.78. The van der Waals surface area contributed by atoms with Gasteiger partial charge >= 0.3 is 0 Å². The summed E-state index contributed by atoms with van der Waals surface area (Å²) in [6, 6.07) is 0. The van der Waals surface area contributed by atoms with E-state index in [2.05, 4.69) is 5.32 Å². The number of amides is 1. The third kappa shape index (κ3) is 9.05. The van der Waals surface area contributed by atoms with Crippen LogP contribution in [0.15, 0.2) is 0 Å². The summed E-state index contributed by atoms with van der Waals surface area (Å²) in [7, 11) is 0. The van der Waals surface area contributed by atoms with Crippen LogP contribution >= 0.6 is 0 Å². The lowest BCUT2D eigenvalue weighted by Crippen LogP contribution is -2.20. The minimum Gasteiger partial charge on any atom is -0.356 e. The molecule has 0 saturated carbocycles. The van der Waals surface area contributed by atoms with Crippen molar-refractivity contribution < 1.29 is 9.59 Å². The monoisotopic (exact) mass is 185 g/mol. The van der Waals surface area contributed by atoms with Crippen molar-refractivity contribution in [2.45, 2.75) is 46.0 Å². The zero-order valence-corrected chi connectivity index (χ0v) is 8.56. The van der Waals surface area contributed by atoms with Gasteiger partial charge in [-0.15, -0.1) is 0 Å². The molecule has 13 heavy (non-hydrogen) atoms. The van der Waals surface area contributed by atoms with E-state index < -0.39 is 0 Å². The fraction of sp³-hybridized carbons (Fsp3) is 0.800. The number of carbonyl (C=O) groups excluding carboxylic acids is 2. The zero-order chi connectivity index (χ0) is 10.1. The summed E-state index contributed by atoms with van der Waals surface area (Å²) in [4.78, 5) is 21.5. The molecule has 3 heteroatoms. The molecule has 3 nitrogen and oxygen atoms in total. The predicted octanol–water partition coefficient (Wildman–Crippen LogP) is 1.66. The quantitative estimate of drug-likeness (QED) is 0.613. The van der Waals surface area contributed by atoms with Crippen LogP contribution < -0.4 is 5.32 Å². The van der Waals surface area contributed by atoms with Crippen molar-refractivity contribution in [2.75, 3.05) is 6.54 Å². The second kappa shape index (κ2) is 7.77. The number of Topliss-reactive ketones (excluding diaryl/α,β-unsaturated/α-hetero) is 1. The van der Waals surface area contributed by atoms with Crippen molar-refractivity contribution in [2.24, 2.45) is 0 Å². The number of carbonyl (C=O) groups is 2. The van der Waals surface area contributed by atoms with Gasteiger partial charge in [0.25, 0.3) is 0 Å². The summed E-state index contributed by atoms with van der Waals surface area (Å²) in [5.74, 6) is 0.338. The molecule has 0 bridgehead atoms. The molecule has 0 rings (SSSR count). The summed E-state index contributed by atoms with van der Waals surface area (Å²) in [6.45, 7) is 4.20. The molecule has 0 atom stereocenters. The molecule has 0 heterocycles. The van der Waals surface area contributed by atoms with Crippen LogP contribution in [0.5, 0.6) is 0 Å². The van der Waals surface area contributed by atoms with Gasteiger partial charge in [-0.2, -0.15) is 0 Å². The lowest BCUT2D eigenvalue weighted by molar-refractivity contribution is -0.119. The average molecular weight is 185 g/mol. The summed E-state index contributed by atoms with van der Waals surface area (Å²) in [5, 5.41) is 2.70. The van der Waals surface area contributed by atoms with Crippen molar-refractivity contribution in [3.8, 4) is 0 Å². The van der Waals surface area contributed by atoms with Gasteiger partial charge < -0.3 is 5.32 Å². The van der Waals surface area contributed by atoms with E-state index in [1.165, 1.54) is 6.92 Å². The van der Waals surface area contributed by atoms with E-state index in [1.807, 2.05) is 6.92 Å². The maximum atomic E-state index is 11.1. The number of unbranched alkanes of at least 4 members (excludes halogenated alkanes) is 1. The fourth-order valence-corrected chi connectivity index (χ4v) is 1.12. The average Bonchev–Trinajstić information content (AvgIpc) is 2.03. The van der Waals surface area contributed by atoms with Gasteiger partial charge in [0, 0.05) is 26.3 Å². The van der Waals surface area contributed by atoms with Gasteiger partial charge in [-0.05, 0) is 19.3 Å². The summed E-state index contributed by atoms with van der Waals surface area (Å²) >= 11 is 0. The molecule has 0 aromatic rings. The second-order valence-corrected chi connectivity index (χ2v) is 3.23. The van der Waals surface area contributed by atoms with Crippen LogP contribution in [0.3, 0.4) is 0 Å². The van der Waals surface area contributed by atoms with Gasteiger partial charge in [0.15, 0.2) is 0 Å². The van der Waals surface area contributed by atoms with E-state index in [0.29, 0.717) is 25.2 Å². The third-order valence-electron chi connectivity index (χ3n) is 1.79. The van der Waals surface area contributed by atoms with Gasteiger partial charge in [-0.25, -0.2) is 0 Å². The first-order valence-electron chi connectivity index (χ1n) is 4.93. The molecular weight excluding hydrogens is 166 g/mol. The van der Waals surface area contributed by atoms with Crippen LogP contribution in [0.4, 0.5) is 0 Å². The van der Waals surface area contributed by atoms with Crippen LogP contribution in [0.25, 0.3) is 0 Å². The molecule has 0 aromatic heterocycles. The largest absolute Gasteiger partial charge is 0.356 e. The Hall–Kier alpha value is -0.860. The standard InChI is InChI=1S/C10H19NO2/c1-3-6-10(13)7-4-5-8-11-9(2)12/h3-8H2,1-2H3,(H,11,12). The number of ketones is 1. The highest BCUT2D eigenvalue weighted by atomic mass is 16.1. The van der Waals surface area contributed by atoms with E-state index in [4.69, 9.17) is 0 Å². The minimum absolute atomic E-state index is 0.000107. The molecule has 0 spiro atoms. The van der Waals surface area contributed by atoms with Gasteiger partial charge in [0.05, 0.1) is 0 Å². The Bertz CT molecular complexity index is 166. The smallest absolute Gasteiger partial charge is 0.216 e. The summed E-state index contributed by atoms with van der Waals surface area (Å²) < 4.78 is 0. The lowest BCUT2D eigenvalue weighted by atomic mass is 10.1. The number of rotatable bonds is 7. The molecule has 1 N–H and O–H groups in total. The van der Waals surface area contributed by atoms with Crippen LogP contribution in [-0.4, -0.2) is 18.2 Å². The normalized spacial score (nSPS) is 9.69. The van der Waals surface area contributed by atoms with Crippen molar-refractivity contribution in [1.29, 1.82) is 0 Å². The molecule has 0 fully saturated rings. The fourth-order valence-electron chi connectivity index (χ4n) is 1.12. The molecule has 0 aliphatic rings. The van der Waals surface area contributed by atoms with Crippen LogP contribution in [0, 0.1) is 0 Å². The lowest BCUT2D eigenvalue weighted by Gasteiger charge is -2.01. The Balaban J connectivity index is 3.16. The van der Waals surface area contributed by atoms with Crippen molar-refractivity contribution in [3.63, 3.8) is 0 Å². The Morgan fingerprint density at radius 2 is 1.85 bits per heavy atom. The van der Waals surface area contributed by atoms with Gasteiger partial charge in [0.2, 0.25) is 5.91 Å². The number of hydrogen-bond acceptors (Lipinski definition) is 2. The van der Waals surface area contributed by atoms with E-state index in [-0.39, 0.29) is 5.91 Å². The van der Waals surface area contributed by atoms with Gasteiger partial charge in [-0.1, -0.05) is 6.92 Å². The Kier molecular flexibility index (Phi) is 7.26. The number of nitrogens with one attached hydrogen (secondary N) is 1. The van der Waals surface area contributed by atoms with Gasteiger partial charge in [0.1, 0.15) is 5.78 Å². The SMILES string of the molecule is CCCC(=O)CCCCNC(C)=O. The van der Waals surface area contributed by atoms with E-state index in [1.54, 1.807) is 0 Å². The second-order valence-electron chi connectivity index (χ2n) is 3.23. The van der Waals surface area contributed by atoms with Crippen molar-refractivity contribution in [1.82, 2.24) is 5.32 Å². The molecule has 0 saturated heterocycles. The first-order chi connectivity index (χ1) is 6.16. The summed E-state index contributed by atoms with van der Waals surface area (Å²) in [6.07, 6.45) is 4.08. The van der Waals surface area contributed by atoms with Crippen molar-refractivity contribution in [3.05, 3.63) is 0 Å². The van der Waals surface area contributed by atoms with Crippen LogP contribution in [0.1, 0.15) is 46.0 Å². The Morgan fingerprint density at radius 3 is 2.38 bits per heavy atom.